The highest BCUT2D eigenvalue weighted by Gasteiger charge is 2.36. The molecule has 2 aromatic rings. The lowest BCUT2D eigenvalue weighted by molar-refractivity contribution is -0.992. The highest BCUT2D eigenvalue weighted by molar-refractivity contribution is 5.76. The average Bonchev–Trinajstić information content (AvgIpc) is 3.15. The van der Waals surface area contributed by atoms with Crippen LogP contribution in [0.4, 0.5) is 5.69 Å². The van der Waals surface area contributed by atoms with Crippen molar-refractivity contribution in [2.24, 2.45) is 5.92 Å². The van der Waals surface area contributed by atoms with Gasteiger partial charge in [0.25, 0.3) is 0 Å². The molecule has 1 fully saturated rings. The van der Waals surface area contributed by atoms with Crippen LogP contribution < -0.4 is 10.8 Å². The SMILES string of the molecule is O=C(CCCn1cccc1)N1C[C@H]2C[C@@H](C1)c1ccc([NH+]([O-])O)c(=O)n1C2. The fourth-order valence-corrected chi connectivity index (χ4v) is 4.40. The van der Waals surface area contributed by atoms with E-state index < -0.39 is 10.8 Å². The van der Waals surface area contributed by atoms with Crippen molar-refractivity contribution in [2.45, 2.75) is 38.3 Å². The first-order valence-electron chi connectivity index (χ1n) is 9.38. The zero-order valence-electron chi connectivity index (χ0n) is 15.1. The number of fused-ring (bicyclic) bond motifs is 4. The zero-order chi connectivity index (χ0) is 19.0. The number of quaternary nitrogens is 1. The number of pyridine rings is 1. The molecule has 3 atom stereocenters. The first-order valence-corrected chi connectivity index (χ1v) is 9.38. The number of likely N-dealkylation sites (tertiary alicyclic amines) is 1. The van der Waals surface area contributed by atoms with Gasteiger partial charge in [-0.2, -0.15) is 5.23 Å². The minimum atomic E-state index is -1.19. The summed E-state index contributed by atoms with van der Waals surface area (Å²) >= 11 is 0. The van der Waals surface area contributed by atoms with Gasteiger partial charge in [0.1, 0.15) is 0 Å². The summed E-state index contributed by atoms with van der Waals surface area (Å²) in [6, 6.07) is 7.09. The molecule has 2 aromatic heterocycles. The number of hydrogen-bond acceptors (Lipinski definition) is 4. The molecule has 1 saturated heterocycles. The number of aryl methyl sites for hydroxylation is 1. The van der Waals surface area contributed by atoms with E-state index in [9.17, 15) is 14.8 Å². The molecule has 144 valence electrons. The molecule has 2 bridgehead atoms. The van der Waals surface area contributed by atoms with E-state index in [1.807, 2.05) is 29.4 Å². The molecular weight excluding hydrogens is 348 g/mol. The van der Waals surface area contributed by atoms with Crippen molar-refractivity contribution in [1.29, 1.82) is 0 Å². The number of rotatable bonds is 5. The van der Waals surface area contributed by atoms with Crippen molar-refractivity contribution in [1.82, 2.24) is 14.0 Å². The van der Waals surface area contributed by atoms with Crippen LogP contribution in [-0.4, -0.2) is 38.2 Å². The van der Waals surface area contributed by atoms with Gasteiger partial charge in [-0.1, -0.05) is 0 Å². The third kappa shape index (κ3) is 3.55. The summed E-state index contributed by atoms with van der Waals surface area (Å²) in [4.78, 5) is 27.0. The van der Waals surface area contributed by atoms with Gasteiger partial charge in [0, 0.05) is 62.7 Å². The van der Waals surface area contributed by atoms with Crippen molar-refractivity contribution in [3.8, 4) is 0 Å². The molecule has 1 amide bonds. The topological polar surface area (TPSA) is 95.0 Å². The van der Waals surface area contributed by atoms with Gasteiger partial charge in [0.05, 0.1) is 0 Å². The fourth-order valence-electron chi connectivity index (χ4n) is 4.40. The van der Waals surface area contributed by atoms with Crippen LogP contribution in [0.3, 0.4) is 0 Å². The molecule has 27 heavy (non-hydrogen) atoms. The van der Waals surface area contributed by atoms with Crippen LogP contribution in [0.5, 0.6) is 0 Å². The van der Waals surface area contributed by atoms with Crippen molar-refractivity contribution in [3.05, 3.63) is 57.9 Å². The minimum Gasteiger partial charge on any atom is -0.595 e. The number of aromatic nitrogens is 2. The maximum atomic E-state index is 12.7. The summed E-state index contributed by atoms with van der Waals surface area (Å²) in [5.74, 6) is 0.461. The summed E-state index contributed by atoms with van der Waals surface area (Å²) in [5.41, 5.74) is 0.240. The van der Waals surface area contributed by atoms with Crippen LogP contribution in [0.1, 0.15) is 30.9 Å². The molecule has 4 heterocycles. The van der Waals surface area contributed by atoms with E-state index >= 15 is 0 Å². The minimum absolute atomic E-state index is 0.0986. The molecule has 0 aromatic carbocycles. The van der Waals surface area contributed by atoms with Crippen LogP contribution in [0.15, 0.2) is 41.5 Å². The monoisotopic (exact) mass is 372 g/mol. The van der Waals surface area contributed by atoms with E-state index in [2.05, 4.69) is 4.57 Å². The Hall–Kier alpha value is -2.42. The Morgan fingerprint density at radius 3 is 2.74 bits per heavy atom. The van der Waals surface area contributed by atoms with E-state index in [-0.39, 0.29) is 23.4 Å². The number of hydrogen-bond donors (Lipinski definition) is 2. The molecule has 0 radical (unpaired) electrons. The lowest BCUT2D eigenvalue weighted by atomic mass is 9.83. The van der Waals surface area contributed by atoms with Gasteiger partial charge in [-0.25, -0.2) is 5.21 Å². The normalized spacial score (nSPS) is 22.4. The number of piperidine rings is 1. The van der Waals surface area contributed by atoms with Gasteiger partial charge in [0.2, 0.25) is 11.6 Å². The van der Waals surface area contributed by atoms with Crippen LogP contribution in [0, 0.1) is 11.1 Å². The maximum Gasteiger partial charge on any atom is 0.315 e. The molecule has 1 unspecified atom stereocenters. The van der Waals surface area contributed by atoms with E-state index in [0.717, 1.165) is 25.1 Å². The van der Waals surface area contributed by atoms with Crippen LogP contribution in [-0.2, 0) is 17.9 Å². The molecular formula is C19H24N4O4. The number of amides is 1. The molecule has 2 aliphatic rings. The van der Waals surface area contributed by atoms with E-state index in [0.29, 0.717) is 26.1 Å². The van der Waals surface area contributed by atoms with Crippen molar-refractivity contribution in [2.75, 3.05) is 13.1 Å². The van der Waals surface area contributed by atoms with Crippen molar-refractivity contribution < 1.29 is 15.2 Å². The molecule has 4 rings (SSSR count). The van der Waals surface area contributed by atoms with Gasteiger partial charge in [0.15, 0.2) is 0 Å². The molecule has 8 nitrogen and oxygen atoms in total. The van der Waals surface area contributed by atoms with Crippen LogP contribution in [0.2, 0.25) is 0 Å². The maximum absolute atomic E-state index is 12.7. The van der Waals surface area contributed by atoms with E-state index in [4.69, 9.17) is 5.21 Å². The fraction of sp³-hybridized carbons (Fsp3) is 0.474. The highest BCUT2D eigenvalue weighted by atomic mass is 16.8. The van der Waals surface area contributed by atoms with Crippen molar-refractivity contribution >= 4 is 11.6 Å². The Balaban J connectivity index is 1.44. The number of carbonyl (C=O) groups is 1. The summed E-state index contributed by atoms with van der Waals surface area (Å²) in [5, 5.41) is 19.2. The molecule has 0 saturated carbocycles. The van der Waals surface area contributed by atoms with Crippen LogP contribution in [0.25, 0.3) is 0 Å². The summed E-state index contributed by atoms with van der Waals surface area (Å²) in [6.45, 7) is 2.56. The third-order valence-corrected chi connectivity index (χ3v) is 5.66. The van der Waals surface area contributed by atoms with Gasteiger partial charge in [-0.05, 0) is 37.0 Å². The average molecular weight is 372 g/mol. The van der Waals surface area contributed by atoms with E-state index in [1.165, 1.54) is 6.07 Å². The first kappa shape index (κ1) is 18.0. The number of nitrogens with zero attached hydrogens (tertiary/aromatic N) is 3. The zero-order valence-corrected chi connectivity index (χ0v) is 15.1. The molecule has 2 aliphatic heterocycles. The Labute approximate surface area is 156 Å². The summed E-state index contributed by atoms with van der Waals surface area (Å²) in [7, 11) is 0. The molecule has 0 spiro atoms. The number of carbonyl (C=O) groups excluding carboxylic acids is 1. The highest BCUT2D eigenvalue weighted by Crippen LogP contribution is 2.35. The quantitative estimate of drug-likeness (QED) is 0.747. The Kier molecular flexibility index (Phi) is 4.86. The molecule has 8 heteroatoms. The lowest BCUT2D eigenvalue weighted by Gasteiger charge is -2.43. The summed E-state index contributed by atoms with van der Waals surface area (Å²) < 4.78 is 3.68. The second kappa shape index (κ2) is 7.30. The second-order valence-corrected chi connectivity index (χ2v) is 7.51. The van der Waals surface area contributed by atoms with E-state index in [1.54, 1.807) is 10.6 Å². The lowest BCUT2D eigenvalue weighted by Crippen LogP contribution is -3.00. The van der Waals surface area contributed by atoms with Crippen LogP contribution >= 0.6 is 0 Å². The van der Waals surface area contributed by atoms with Gasteiger partial charge < -0.3 is 19.2 Å². The predicted octanol–water partition coefficient (Wildman–Crippen LogP) is 0.479. The Bertz CT molecular complexity index is 874. The standard InChI is InChI=1S/C19H24N4O4/c24-18(4-3-9-20-7-1-2-8-20)21-11-14-10-15(13-21)16-5-6-17(23(26)27)19(25)22(16)12-14/h1-2,5-8,14-15,23,26H,3-4,9-13H2/t14-,15+/m1/s1. The Morgan fingerprint density at radius 1 is 1.22 bits per heavy atom. The summed E-state index contributed by atoms with van der Waals surface area (Å²) in [6.07, 6.45) is 6.25. The molecule has 2 N–H and O–H groups in total. The second-order valence-electron chi connectivity index (χ2n) is 7.51. The van der Waals surface area contributed by atoms with Gasteiger partial charge in [-0.3, -0.25) is 9.59 Å². The predicted molar refractivity (Wildman–Crippen MR) is 97.6 cm³/mol. The smallest absolute Gasteiger partial charge is 0.315 e. The van der Waals surface area contributed by atoms with Gasteiger partial charge in [-0.15, -0.1) is 0 Å². The molecule has 0 aliphatic carbocycles. The Morgan fingerprint density at radius 2 is 2.00 bits per heavy atom. The number of nitrogens with one attached hydrogen (secondary N) is 1. The first-order chi connectivity index (χ1) is 13.0. The van der Waals surface area contributed by atoms with Gasteiger partial charge >= 0.3 is 5.56 Å². The van der Waals surface area contributed by atoms with Crippen molar-refractivity contribution in [3.63, 3.8) is 0 Å². The third-order valence-electron chi connectivity index (χ3n) is 5.66. The largest absolute Gasteiger partial charge is 0.595 e.